The molecule has 2 aromatic carbocycles. The number of ether oxygens (including phenoxy) is 1. The number of fused-ring (bicyclic) bond motifs is 3. The minimum absolute atomic E-state index is 0.0838. The van der Waals surface area contributed by atoms with Gasteiger partial charge in [-0.2, -0.15) is 0 Å². The topological polar surface area (TPSA) is 95.9 Å². The van der Waals surface area contributed by atoms with Crippen LogP contribution in [0, 0.1) is 11.8 Å². The molecule has 0 aromatic heterocycles. The molecule has 0 bridgehead atoms. The van der Waals surface area contributed by atoms with E-state index in [9.17, 15) is 19.5 Å². The SMILES string of the molecule is CC(C)C[C@@H](C(=O)N[C@H](C(=O)O)C(C)C)N(C)C(=O)OCC1c2ccccc2-c2ccccc21. The van der Waals surface area contributed by atoms with Gasteiger partial charge in [0.15, 0.2) is 0 Å². The first-order valence-electron chi connectivity index (χ1n) is 11.7. The van der Waals surface area contributed by atoms with E-state index < -0.39 is 30.1 Å². The molecule has 7 nitrogen and oxygen atoms in total. The van der Waals surface area contributed by atoms with Crippen LogP contribution in [0.4, 0.5) is 4.79 Å². The Hall–Kier alpha value is -3.35. The second-order valence-electron chi connectivity index (χ2n) is 9.63. The van der Waals surface area contributed by atoms with Gasteiger partial charge in [0.1, 0.15) is 18.7 Å². The Morgan fingerprint density at radius 3 is 1.97 bits per heavy atom. The third kappa shape index (κ3) is 5.41. The summed E-state index contributed by atoms with van der Waals surface area (Å²) >= 11 is 0. The Bertz CT molecular complexity index is 1000. The smallest absolute Gasteiger partial charge is 0.410 e. The lowest BCUT2D eigenvalue weighted by molar-refractivity contribution is -0.143. The maximum absolute atomic E-state index is 13.0. The molecule has 0 spiro atoms. The minimum atomic E-state index is -1.10. The van der Waals surface area contributed by atoms with Crippen molar-refractivity contribution in [1.29, 1.82) is 0 Å². The fourth-order valence-corrected chi connectivity index (χ4v) is 4.47. The third-order valence-electron chi connectivity index (χ3n) is 6.32. The predicted octanol–water partition coefficient (Wildman–Crippen LogP) is 4.51. The van der Waals surface area contributed by atoms with Gasteiger partial charge in [-0.25, -0.2) is 9.59 Å². The molecule has 2 N–H and O–H groups in total. The summed E-state index contributed by atoms with van der Waals surface area (Å²) in [6.45, 7) is 7.50. The zero-order valence-corrected chi connectivity index (χ0v) is 20.4. The van der Waals surface area contributed by atoms with Gasteiger partial charge in [-0.3, -0.25) is 9.69 Å². The lowest BCUT2D eigenvalue weighted by Gasteiger charge is -2.30. The van der Waals surface area contributed by atoms with Gasteiger partial charge in [0, 0.05) is 13.0 Å². The van der Waals surface area contributed by atoms with E-state index in [0.29, 0.717) is 6.42 Å². The molecule has 0 aliphatic heterocycles. The van der Waals surface area contributed by atoms with Gasteiger partial charge in [0.2, 0.25) is 5.91 Å². The third-order valence-corrected chi connectivity index (χ3v) is 6.32. The number of carbonyl (C=O) groups excluding carboxylic acids is 2. The Balaban J connectivity index is 1.73. The first kappa shape index (κ1) is 25.3. The highest BCUT2D eigenvalue weighted by Crippen LogP contribution is 2.44. The first-order chi connectivity index (χ1) is 16.1. The van der Waals surface area contributed by atoms with E-state index >= 15 is 0 Å². The van der Waals surface area contributed by atoms with Crippen LogP contribution < -0.4 is 5.32 Å². The van der Waals surface area contributed by atoms with E-state index in [0.717, 1.165) is 22.3 Å². The molecule has 0 unspecified atom stereocenters. The zero-order chi connectivity index (χ0) is 25.0. The molecule has 1 aliphatic rings. The summed E-state index contributed by atoms with van der Waals surface area (Å²) < 4.78 is 5.70. The average Bonchev–Trinajstić information content (AvgIpc) is 3.12. The van der Waals surface area contributed by atoms with Crippen LogP contribution >= 0.6 is 0 Å². The van der Waals surface area contributed by atoms with E-state index in [1.54, 1.807) is 13.8 Å². The van der Waals surface area contributed by atoms with Gasteiger partial charge in [-0.05, 0) is 40.5 Å². The fraction of sp³-hybridized carbons (Fsp3) is 0.444. The van der Waals surface area contributed by atoms with Gasteiger partial charge in [0.25, 0.3) is 0 Å². The highest BCUT2D eigenvalue weighted by Gasteiger charge is 2.34. The Morgan fingerprint density at radius 1 is 0.971 bits per heavy atom. The fourth-order valence-electron chi connectivity index (χ4n) is 4.47. The Labute approximate surface area is 201 Å². The number of aliphatic carboxylic acids is 1. The molecule has 2 atom stereocenters. The van der Waals surface area contributed by atoms with Crippen LogP contribution in [0.1, 0.15) is 51.2 Å². The van der Waals surface area contributed by atoms with Gasteiger partial charge < -0.3 is 15.2 Å². The van der Waals surface area contributed by atoms with E-state index in [1.807, 2.05) is 50.2 Å². The molecule has 0 saturated carbocycles. The normalized spacial score (nSPS) is 14.3. The second-order valence-corrected chi connectivity index (χ2v) is 9.63. The Kier molecular flexibility index (Phi) is 7.97. The molecule has 34 heavy (non-hydrogen) atoms. The molecule has 2 aromatic rings. The maximum atomic E-state index is 13.0. The monoisotopic (exact) mass is 466 g/mol. The van der Waals surface area contributed by atoms with Crippen molar-refractivity contribution in [3.8, 4) is 11.1 Å². The van der Waals surface area contributed by atoms with Crippen molar-refractivity contribution in [3.05, 3.63) is 59.7 Å². The summed E-state index contributed by atoms with van der Waals surface area (Å²) in [4.78, 5) is 38.9. The number of nitrogens with zero attached hydrogens (tertiary/aromatic N) is 1. The number of carboxylic acids is 1. The first-order valence-corrected chi connectivity index (χ1v) is 11.7. The van der Waals surface area contributed by atoms with Crippen LogP contribution in [0.3, 0.4) is 0 Å². The molecule has 3 rings (SSSR count). The van der Waals surface area contributed by atoms with Crippen LogP contribution in [0.25, 0.3) is 11.1 Å². The minimum Gasteiger partial charge on any atom is -0.480 e. The molecule has 182 valence electrons. The Morgan fingerprint density at radius 2 is 1.50 bits per heavy atom. The number of rotatable bonds is 9. The van der Waals surface area contributed by atoms with E-state index in [4.69, 9.17) is 4.74 Å². The zero-order valence-electron chi connectivity index (χ0n) is 20.4. The van der Waals surface area contributed by atoms with Crippen LogP contribution in [0.2, 0.25) is 0 Å². The average molecular weight is 467 g/mol. The van der Waals surface area contributed by atoms with E-state index in [-0.39, 0.29) is 24.4 Å². The van der Waals surface area contributed by atoms with Gasteiger partial charge >= 0.3 is 12.1 Å². The number of carbonyl (C=O) groups is 3. The quantitative estimate of drug-likeness (QED) is 0.567. The summed E-state index contributed by atoms with van der Waals surface area (Å²) in [5.41, 5.74) is 4.49. The van der Waals surface area contributed by atoms with E-state index in [1.165, 1.54) is 11.9 Å². The summed E-state index contributed by atoms with van der Waals surface area (Å²) in [6, 6.07) is 14.3. The van der Waals surface area contributed by atoms with Crippen molar-refractivity contribution < 1.29 is 24.2 Å². The standard InChI is InChI=1S/C27H34N2O5/c1-16(2)14-23(25(30)28-24(17(3)4)26(31)32)29(5)27(33)34-15-22-20-12-8-6-10-18(20)19-11-7-9-13-21(19)22/h6-13,16-17,22-24H,14-15H2,1-5H3,(H,28,30)(H,31,32)/t23-,24-/m0/s1. The molecule has 0 radical (unpaired) electrons. The number of nitrogens with one attached hydrogen (secondary N) is 1. The van der Waals surface area contributed by atoms with Crippen LogP contribution in [-0.4, -0.2) is 53.7 Å². The van der Waals surface area contributed by atoms with Crippen LogP contribution in [0.5, 0.6) is 0 Å². The van der Waals surface area contributed by atoms with Crippen molar-refractivity contribution in [3.63, 3.8) is 0 Å². The summed E-state index contributed by atoms with van der Waals surface area (Å²) in [5.74, 6) is -1.86. The van der Waals surface area contributed by atoms with Gasteiger partial charge in [-0.1, -0.05) is 76.2 Å². The molecular weight excluding hydrogens is 432 g/mol. The van der Waals surface area contributed by atoms with Crippen molar-refractivity contribution in [1.82, 2.24) is 10.2 Å². The van der Waals surface area contributed by atoms with Crippen molar-refractivity contribution >= 4 is 18.0 Å². The van der Waals surface area contributed by atoms with Gasteiger partial charge in [0.05, 0.1) is 0 Å². The van der Waals surface area contributed by atoms with Crippen molar-refractivity contribution in [2.24, 2.45) is 11.8 Å². The predicted molar refractivity (Wildman–Crippen MR) is 130 cm³/mol. The molecule has 1 aliphatic carbocycles. The lowest BCUT2D eigenvalue weighted by atomic mass is 9.98. The lowest BCUT2D eigenvalue weighted by Crippen LogP contribution is -2.54. The summed E-state index contributed by atoms with van der Waals surface area (Å²) in [5, 5.41) is 12.0. The highest BCUT2D eigenvalue weighted by molar-refractivity contribution is 5.89. The number of likely N-dealkylation sites (N-methyl/N-ethyl adjacent to an activating group) is 1. The number of carboxylic acid groups (broad SMARTS) is 1. The molecule has 0 fully saturated rings. The summed E-state index contributed by atoms with van der Waals surface area (Å²) in [7, 11) is 1.52. The number of benzene rings is 2. The van der Waals surface area contributed by atoms with Crippen LogP contribution in [-0.2, 0) is 14.3 Å². The maximum Gasteiger partial charge on any atom is 0.410 e. The van der Waals surface area contributed by atoms with Crippen LogP contribution in [0.15, 0.2) is 48.5 Å². The number of hydrogen-bond acceptors (Lipinski definition) is 4. The van der Waals surface area contributed by atoms with E-state index in [2.05, 4.69) is 17.4 Å². The largest absolute Gasteiger partial charge is 0.480 e. The summed E-state index contributed by atoms with van der Waals surface area (Å²) in [6.07, 6.45) is -0.226. The number of amides is 2. The second kappa shape index (κ2) is 10.7. The van der Waals surface area contributed by atoms with Crippen molar-refractivity contribution in [2.75, 3.05) is 13.7 Å². The van der Waals surface area contributed by atoms with Gasteiger partial charge in [-0.15, -0.1) is 0 Å². The molecule has 2 amide bonds. The molecule has 0 saturated heterocycles. The molecule has 0 heterocycles. The van der Waals surface area contributed by atoms with Crippen molar-refractivity contribution in [2.45, 2.75) is 52.1 Å². The number of hydrogen-bond donors (Lipinski definition) is 2. The molecular formula is C27H34N2O5. The highest BCUT2D eigenvalue weighted by atomic mass is 16.6. The molecule has 7 heteroatoms.